The van der Waals surface area contributed by atoms with Crippen molar-refractivity contribution in [2.75, 3.05) is 11.9 Å². The summed E-state index contributed by atoms with van der Waals surface area (Å²) in [6, 6.07) is 19.2. The van der Waals surface area contributed by atoms with Gasteiger partial charge in [0.15, 0.2) is 0 Å². The van der Waals surface area contributed by atoms with Crippen molar-refractivity contribution in [3.63, 3.8) is 0 Å². The molecule has 1 heteroatoms. The number of anilines is 1. The second-order valence-electron chi connectivity index (χ2n) is 5.04. The van der Waals surface area contributed by atoms with Crippen molar-refractivity contribution in [2.45, 2.75) is 20.3 Å². The number of nitrogens with one attached hydrogen (secondary N) is 1. The van der Waals surface area contributed by atoms with Crippen LogP contribution in [0.4, 0.5) is 5.69 Å². The topological polar surface area (TPSA) is 12.0 Å². The molecule has 0 aliphatic rings. The number of benzene rings is 2. The molecular weight excluding hydrogens is 218 g/mol. The van der Waals surface area contributed by atoms with Gasteiger partial charge in [0.1, 0.15) is 0 Å². The van der Waals surface area contributed by atoms with E-state index in [1.807, 2.05) is 0 Å². The number of aryl methyl sites for hydroxylation is 1. The lowest BCUT2D eigenvalue weighted by Gasteiger charge is -2.13. The minimum Gasteiger partial charge on any atom is -0.385 e. The third kappa shape index (κ3) is 3.92. The second-order valence-corrected chi connectivity index (χ2v) is 5.04. The fraction of sp³-hybridized carbons (Fsp3) is 0.294. The number of hydrogen-bond donors (Lipinski definition) is 1. The fourth-order valence-electron chi connectivity index (χ4n) is 2.05. The Morgan fingerprint density at radius 3 is 2.28 bits per heavy atom. The molecule has 1 unspecified atom stereocenters. The lowest BCUT2D eigenvalue weighted by atomic mass is 10.0. The van der Waals surface area contributed by atoms with Gasteiger partial charge in [-0.3, -0.25) is 0 Å². The van der Waals surface area contributed by atoms with Gasteiger partial charge in [0.25, 0.3) is 0 Å². The van der Waals surface area contributed by atoms with Crippen molar-refractivity contribution in [3.8, 4) is 0 Å². The van der Waals surface area contributed by atoms with E-state index in [9.17, 15) is 0 Å². The zero-order valence-electron chi connectivity index (χ0n) is 11.2. The van der Waals surface area contributed by atoms with Crippen LogP contribution in [0.5, 0.6) is 0 Å². The molecule has 1 nitrogen and oxygen atoms in total. The lowest BCUT2D eigenvalue weighted by Crippen LogP contribution is -2.13. The average molecular weight is 239 g/mol. The minimum absolute atomic E-state index is 0.633. The standard InChI is InChI=1S/C17H21N/c1-14-8-10-17(11-9-14)18-13-15(2)12-16-6-4-3-5-7-16/h3-11,15,18H,12-13H2,1-2H3. The second kappa shape index (κ2) is 6.25. The Hall–Kier alpha value is -1.76. The first-order chi connectivity index (χ1) is 8.74. The predicted molar refractivity (Wildman–Crippen MR) is 79.0 cm³/mol. The SMILES string of the molecule is Cc1ccc(NCC(C)Cc2ccccc2)cc1. The van der Waals surface area contributed by atoms with Crippen LogP contribution in [0.25, 0.3) is 0 Å². The number of hydrogen-bond acceptors (Lipinski definition) is 1. The maximum atomic E-state index is 3.49. The van der Waals surface area contributed by atoms with E-state index in [0.717, 1.165) is 13.0 Å². The molecule has 0 aliphatic heterocycles. The molecule has 2 rings (SSSR count). The molecular formula is C17H21N. The van der Waals surface area contributed by atoms with Gasteiger partial charge in [-0.05, 0) is 37.0 Å². The molecule has 94 valence electrons. The van der Waals surface area contributed by atoms with E-state index in [-0.39, 0.29) is 0 Å². The Bertz CT molecular complexity index is 459. The maximum absolute atomic E-state index is 3.49. The third-order valence-corrected chi connectivity index (χ3v) is 3.13. The maximum Gasteiger partial charge on any atom is 0.0340 e. The van der Waals surface area contributed by atoms with E-state index in [1.54, 1.807) is 0 Å². The molecule has 0 aromatic heterocycles. The van der Waals surface area contributed by atoms with Gasteiger partial charge >= 0.3 is 0 Å². The summed E-state index contributed by atoms with van der Waals surface area (Å²) in [7, 11) is 0. The van der Waals surface area contributed by atoms with Gasteiger partial charge in [-0.2, -0.15) is 0 Å². The Morgan fingerprint density at radius 2 is 1.61 bits per heavy atom. The molecule has 0 saturated heterocycles. The summed E-state index contributed by atoms with van der Waals surface area (Å²) in [5, 5.41) is 3.49. The Morgan fingerprint density at radius 1 is 0.944 bits per heavy atom. The van der Waals surface area contributed by atoms with E-state index in [4.69, 9.17) is 0 Å². The van der Waals surface area contributed by atoms with E-state index in [0.29, 0.717) is 5.92 Å². The molecule has 1 N–H and O–H groups in total. The summed E-state index contributed by atoms with van der Waals surface area (Å²) >= 11 is 0. The van der Waals surface area contributed by atoms with Crippen LogP contribution in [0, 0.1) is 12.8 Å². The molecule has 2 aromatic carbocycles. The van der Waals surface area contributed by atoms with Gasteiger partial charge in [0, 0.05) is 12.2 Å². The normalized spacial score (nSPS) is 12.1. The highest BCUT2D eigenvalue weighted by molar-refractivity contribution is 5.44. The van der Waals surface area contributed by atoms with Crippen LogP contribution in [-0.2, 0) is 6.42 Å². The zero-order chi connectivity index (χ0) is 12.8. The summed E-state index contributed by atoms with van der Waals surface area (Å²) in [6.07, 6.45) is 1.12. The van der Waals surface area contributed by atoms with Crippen LogP contribution in [0.1, 0.15) is 18.1 Å². The van der Waals surface area contributed by atoms with E-state index in [1.165, 1.54) is 16.8 Å². The fourth-order valence-corrected chi connectivity index (χ4v) is 2.05. The largest absolute Gasteiger partial charge is 0.385 e. The lowest BCUT2D eigenvalue weighted by molar-refractivity contribution is 0.612. The molecule has 1 atom stereocenters. The van der Waals surface area contributed by atoms with Gasteiger partial charge < -0.3 is 5.32 Å². The van der Waals surface area contributed by atoms with Crippen molar-refractivity contribution in [1.29, 1.82) is 0 Å². The smallest absolute Gasteiger partial charge is 0.0340 e. The Kier molecular flexibility index (Phi) is 4.40. The quantitative estimate of drug-likeness (QED) is 0.821. The van der Waals surface area contributed by atoms with Crippen LogP contribution < -0.4 is 5.32 Å². The van der Waals surface area contributed by atoms with Gasteiger partial charge in [-0.25, -0.2) is 0 Å². The summed E-state index contributed by atoms with van der Waals surface area (Å²) in [5.41, 5.74) is 3.93. The minimum atomic E-state index is 0.633. The molecule has 0 amide bonds. The number of rotatable bonds is 5. The first kappa shape index (κ1) is 12.7. The molecule has 0 radical (unpaired) electrons. The molecule has 0 aliphatic carbocycles. The molecule has 0 saturated carbocycles. The summed E-state index contributed by atoms with van der Waals surface area (Å²) in [5.74, 6) is 0.633. The molecule has 18 heavy (non-hydrogen) atoms. The molecule has 2 aromatic rings. The van der Waals surface area contributed by atoms with Crippen LogP contribution in [0.15, 0.2) is 54.6 Å². The molecule has 0 bridgehead atoms. The van der Waals surface area contributed by atoms with Gasteiger partial charge in [-0.15, -0.1) is 0 Å². The van der Waals surface area contributed by atoms with E-state index >= 15 is 0 Å². The molecule has 0 spiro atoms. The highest BCUT2D eigenvalue weighted by Gasteiger charge is 2.03. The van der Waals surface area contributed by atoms with Crippen LogP contribution in [0.3, 0.4) is 0 Å². The Balaban J connectivity index is 1.81. The molecule has 0 fully saturated rings. The van der Waals surface area contributed by atoms with Crippen molar-refractivity contribution < 1.29 is 0 Å². The first-order valence-electron chi connectivity index (χ1n) is 6.58. The highest BCUT2D eigenvalue weighted by atomic mass is 14.9. The van der Waals surface area contributed by atoms with Crippen molar-refractivity contribution >= 4 is 5.69 Å². The van der Waals surface area contributed by atoms with Crippen molar-refractivity contribution in [3.05, 3.63) is 65.7 Å². The van der Waals surface area contributed by atoms with Crippen LogP contribution >= 0.6 is 0 Å². The van der Waals surface area contributed by atoms with Crippen LogP contribution in [-0.4, -0.2) is 6.54 Å². The summed E-state index contributed by atoms with van der Waals surface area (Å²) < 4.78 is 0. The monoisotopic (exact) mass is 239 g/mol. The third-order valence-electron chi connectivity index (χ3n) is 3.13. The summed E-state index contributed by atoms with van der Waals surface area (Å²) in [6.45, 7) is 5.41. The molecule has 0 heterocycles. The average Bonchev–Trinajstić information content (AvgIpc) is 2.39. The van der Waals surface area contributed by atoms with E-state index in [2.05, 4.69) is 73.8 Å². The van der Waals surface area contributed by atoms with Gasteiger partial charge in [-0.1, -0.05) is 55.0 Å². The van der Waals surface area contributed by atoms with E-state index < -0.39 is 0 Å². The van der Waals surface area contributed by atoms with Crippen molar-refractivity contribution in [2.24, 2.45) is 5.92 Å². The predicted octanol–water partition coefficient (Wildman–Crippen LogP) is 4.29. The summed E-state index contributed by atoms with van der Waals surface area (Å²) in [4.78, 5) is 0. The van der Waals surface area contributed by atoms with Crippen molar-refractivity contribution in [1.82, 2.24) is 0 Å². The van der Waals surface area contributed by atoms with Gasteiger partial charge in [0.2, 0.25) is 0 Å². The zero-order valence-corrected chi connectivity index (χ0v) is 11.2. The van der Waals surface area contributed by atoms with Gasteiger partial charge in [0.05, 0.1) is 0 Å². The first-order valence-corrected chi connectivity index (χ1v) is 6.58. The highest BCUT2D eigenvalue weighted by Crippen LogP contribution is 2.12. The Labute approximate surface area is 110 Å². The van der Waals surface area contributed by atoms with Crippen LogP contribution in [0.2, 0.25) is 0 Å².